The molecule has 0 bridgehead atoms. The van der Waals surface area contributed by atoms with Crippen LogP contribution in [-0.2, 0) is 4.79 Å². The lowest BCUT2D eigenvalue weighted by molar-refractivity contribution is -0.123. The molecular weight excluding hydrogens is 206 g/mol. The van der Waals surface area contributed by atoms with Crippen molar-refractivity contribution in [2.24, 2.45) is 0 Å². The summed E-state index contributed by atoms with van der Waals surface area (Å²) >= 11 is 0. The Kier molecular flexibility index (Phi) is 2.89. The minimum Gasteiger partial charge on any atom is -0.384 e. The van der Waals surface area contributed by atoms with E-state index in [4.69, 9.17) is 5.73 Å². The highest BCUT2D eigenvalue weighted by atomic mass is 16.2. The predicted molar refractivity (Wildman–Crippen MR) is 60.8 cm³/mol. The van der Waals surface area contributed by atoms with Gasteiger partial charge in [0.15, 0.2) is 0 Å². The number of anilines is 2. The maximum atomic E-state index is 11.5. The second-order valence-electron chi connectivity index (χ2n) is 3.86. The molecule has 1 aliphatic heterocycles. The monoisotopic (exact) mass is 221 g/mol. The first-order valence-corrected chi connectivity index (χ1v) is 5.30. The van der Waals surface area contributed by atoms with Crippen molar-refractivity contribution in [1.82, 2.24) is 15.3 Å². The molecule has 4 N–H and O–H groups in total. The third kappa shape index (κ3) is 2.39. The molecule has 6 nitrogen and oxygen atoms in total. The molecule has 0 saturated carbocycles. The van der Waals surface area contributed by atoms with Crippen LogP contribution in [0.15, 0.2) is 6.07 Å². The Labute approximate surface area is 93.7 Å². The Balaban J connectivity index is 2.10. The maximum absolute atomic E-state index is 11.5. The van der Waals surface area contributed by atoms with Crippen LogP contribution >= 0.6 is 0 Å². The van der Waals surface area contributed by atoms with E-state index in [2.05, 4.69) is 20.6 Å². The van der Waals surface area contributed by atoms with E-state index in [0.29, 0.717) is 17.5 Å². The topological polar surface area (TPSA) is 92.9 Å². The van der Waals surface area contributed by atoms with Crippen molar-refractivity contribution >= 4 is 17.5 Å². The molecule has 2 heterocycles. The molecule has 0 radical (unpaired) electrons. The van der Waals surface area contributed by atoms with Gasteiger partial charge in [-0.15, -0.1) is 0 Å². The standard InChI is InChI=1S/C10H15N5O/c1-6-13-8(11)5-9(14-6)15-7-3-2-4-12-10(7)16/h5,7H,2-4H2,1H3,(H,12,16)(H3,11,13,14,15). The van der Waals surface area contributed by atoms with E-state index in [1.807, 2.05) is 0 Å². The van der Waals surface area contributed by atoms with Crippen molar-refractivity contribution < 1.29 is 4.79 Å². The zero-order chi connectivity index (χ0) is 11.5. The van der Waals surface area contributed by atoms with Crippen LogP contribution in [-0.4, -0.2) is 28.5 Å². The number of nitrogens with zero attached hydrogens (tertiary/aromatic N) is 2. The van der Waals surface area contributed by atoms with Gasteiger partial charge in [-0.1, -0.05) is 0 Å². The molecule has 0 aromatic carbocycles. The molecule has 0 spiro atoms. The number of nitrogens with two attached hydrogens (primary N) is 1. The van der Waals surface area contributed by atoms with Crippen molar-refractivity contribution in [2.75, 3.05) is 17.6 Å². The summed E-state index contributed by atoms with van der Waals surface area (Å²) in [6.07, 6.45) is 1.79. The van der Waals surface area contributed by atoms with Gasteiger partial charge in [0.05, 0.1) is 0 Å². The van der Waals surface area contributed by atoms with Crippen LogP contribution in [0.25, 0.3) is 0 Å². The molecular formula is C10H15N5O. The van der Waals surface area contributed by atoms with Crippen LogP contribution in [0, 0.1) is 6.92 Å². The van der Waals surface area contributed by atoms with Gasteiger partial charge in [0.2, 0.25) is 5.91 Å². The smallest absolute Gasteiger partial charge is 0.242 e. The fourth-order valence-electron chi connectivity index (χ4n) is 1.75. The molecule has 16 heavy (non-hydrogen) atoms. The van der Waals surface area contributed by atoms with E-state index in [1.54, 1.807) is 13.0 Å². The van der Waals surface area contributed by atoms with Gasteiger partial charge in [0, 0.05) is 12.6 Å². The molecule has 1 aliphatic rings. The molecule has 86 valence electrons. The first-order valence-electron chi connectivity index (χ1n) is 5.30. The Hall–Kier alpha value is -1.85. The minimum absolute atomic E-state index is 0.0149. The number of carbonyl (C=O) groups is 1. The number of rotatable bonds is 2. The predicted octanol–water partition coefficient (Wildman–Crippen LogP) is 0.0577. The largest absolute Gasteiger partial charge is 0.384 e. The number of aryl methyl sites for hydroxylation is 1. The molecule has 2 rings (SSSR count). The van der Waals surface area contributed by atoms with Gasteiger partial charge >= 0.3 is 0 Å². The number of hydrogen-bond acceptors (Lipinski definition) is 5. The van der Waals surface area contributed by atoms with Crippen molar-refractivity contribution in [3.05, 3.63) is 11.9 Å². The summed E-state index contributed by atoms with van der Waals surface area (Å²) in [7, 11) is 0. The first kappa shape index (κ1) is 10.7. The number of aromatic nitrogens is 2. The fourth-order valence-corrected chi connectivity index (χ4v) is 1.75. The zero-order valence-corrected chi connectivity index (χ0v) is 9.16. The van der Waals surface area contributed by atoms with Crippen LogP contribution in [0.4, 0.5) is 11.6 Å². The molecule has 1 atom stereocenters. The summed E-state index contributed by atoms with van der Waals surface area (Å²) in [4.78, 5) is 19.7. The van der Waals surface area contributed by atoms with E-state index in [-0.39, 0.29) is 11.9 Å². The number of nitrogens with one attached hydrogen (secondary N) is 2. The number of hydrogen-bond donors (Lipinski definition) is 3. The van der Waals surface area contributed by atoms with Gasteiger partial charge in [0.1, 0.15) is 23.5 Å². The van der Waals surface area contributed by atoms with Crippen molar-refractivity contribution in [3.63, 3.8) is 0 Å². The molecule has 6 heteroatoms. The van der Waals surface area contributed by atoms with Gasteiger partial charge in [0.25, 0.3) is 0 Å². The maximum Gasteiger partial charge on any atom is 0.242 e. The van der Waals surface area contributed by atoms with E-state index in [1.165, 1.54) is 0 Å². The van der Waals surface area contributed by atoms with Crippen LogP contribution in [0.2, 0.25) is 0 Å². The second kappa shape index (κ2) is 4.34. The number of piperidine rings is 1. The summed E-state index contributed by atoms with van der Waals surface area (Å²) in [5, 5.41) is 5.87. The number of nitrogen functional groups attached to an aromatic ring is 1. The van der Waals surface area contributed by atoms with Crippen LogP contribution in [0.1, 0.15) is 18.7 Å². The highest BCUT2D eigenvalue weighted by Crippen LogP contribution is 2.13. The lowest BCUT2D eigenvalue weighted by Crippen LogP contribution is -2.44. The highest BCUT2D eigenvalue weighted by molar-refractivity contribution is 5.85. The summed E-state index contributed by atoms with van der Waals surface area (Å²) in [5.41, 5.74) is 5.61. The molecule has 1 saturated heterocycles. The number of carbonyl (C=O) groups excluding carboxylic acids is 1. The summed E-state index contributed by atoms with van der Waals surface area (Å²) in [6.45, 7) is 2.52. The second-order valence-corrected chi connectivity index (χ2v) is 3.86. The van der Waals surface area contributed by atoms with Crippen molar-refractivity contribution in [3.8, 4) is 0 Å². The quantitative estimate of drug-likeness (QED) is 0.656. The SMILES string of the molecule is Cc1nc(N)cc(NC2CCCNC2=O)n1. The Morgan fingerprint density at radius 2 is 2.38 bits per heavy atom. The summed E-state index contributed by atoms with van der Waals surface area (Å²) < 4.78 is 0. The summed E-state index contributed by atoms with van der Waals surface area (Å²) in [6, 6.07) is 1.41. The molecule has 1 amide bonds. The number of amides is 1. The normalized spacial score (nSPS) is 20.3. The first-order chi connectivity index (χ1) is 7.65. The lowest BCUT2D eigenvalue weighted by atomic mass is 10.1. The van der Waals surface area contributed by atoms with E-state index in [9.17, 15) is 4.79 Å². The van der Waals surface area contributed by atoms with Gasteiger partial charge in [-0.2, -0.15) is 0 Å². The average Bonchev–Trinajstić information content (AvgIpc) is 2.20. The Bertz CT molecular complexity index is 386. The molecule has 1 fully saturated rings. The molecule has 1 unspecified atom stereocenters. The van der Waals surface area contributed by atoms with E-state index < -0.39 is 0 Å². The van der Waals surface area contributed by atoms with Gasteiger partial charge < -0.3 is 16.4 Å². The Morgan fingerprint density at radius 1 is 1.56 bits per heavy atom. The average molecular weight is 221 g/mol. The third-order valence-electron chi connectivity index (χ3n) is 2.47. The third-order valence-corrected chi connectivity index (χ3v) is 2.47. The lowest BCUT2D eigenvalue weighted by Gasteiger charge is -2.23. The van der Waals surface area contributed by atoms with Crippen molar-refractivity contribution in [1.29, 1.82) is 0 Å². The van der Waals surface area contributed by atoms with Gasteiger partial charge in [-0.05, 0) is 19.8 Å². The molecule has 0 aliphatic carbocycles. The Morgan fingerprint density at radius 3 is 3.06 bits per heavy atom. The van der Waals surface area contributed by atoms with Crippen LogP contribution < -0.4 is 16.4 Å². The highest BCUT2D eigenvalue weighted by Gasteiger charge is 2.21. The summed E-state index contributed by atoms with van der Waals surface area (Å²) in [5.74, 6) is 1.62. The molecule has 1 aromatic heterocycles. The van der Waals surface area contributed by atoms with Crippen molar-refractivity contribution in [2.45, 2.75) is 25.8 Å². The van der Waals surface area contributed by atoms with Crippen LogP contribution in [0.5, 0.6) is 0 Å². The van der Waals surface area contributed by atoms with Gasteiger partial charge in [-0.25, -0.2) is 9.97 Å². The van der Waals surface area contributed by atoms with Crippen LogP contribution in [0.3, 0.4) is 0 Å². The zero-order valence-electron chi connectivity index (χ0n) is 9.16. The van der Waals surface area contributed by atoms with E-state index >= 15 is 0 Å². The minimum atomic E-state index is -0.220. The van der Waals surface area contributed by atoms with Gasteiger partial charge in [-0.3, -0.25) is 4.79 Å². The van der Waals surface area contributed by atoms with E-state index in [0.717, 1.165) is 19.4 Å². The molecule has 1 aromatic rings. The fraction of sp³-hybridized carbons (Fsp3) is 0.500.